The lowest BCUT2D eigenvalue weighted by molar-refractivity contribution is 0.802. The topological polar surface area (TPSA) is 6.48 Å². The minimum atomic E-state index is -0.575. The molecule has 0 bridgehead atoms. The van der Waals surface area contributed by atoms with Crippen LogP contribution in [0.25, 0.3) is 43.8 Å². The van der Waals surface area contributed by atoms with Crippen LogP contribution in [0, 0.1) is 0 Å². The highest BCUT2D eigenvalue weighted by Crippen LogP contribution is 2.66. The van der Waals surface area contributed by atoms with Gasteiger partial charge in [0, 0.05) is 33.8 Å². The molecule has 0 radical (unpaired) electrons. The van der Waals surface area contributed by atoms with Crippen LogP contribution in [0.15, 0.2) is 237 Å². The van der Waals surface area contributed by atoms with Gasteiger partial charge < -0.3 is 9.80 Å². The van der Waals surface area contributed by atoms with Gasteiger partial charge in [0.05, 0.1) is 11.1 Å². The van der Waals surface area contributed by atoms with Crippen LogP contribution >= 0.6 is 0 Å². The third-order valence-corrected chi connectivity index (χ3v) is 12.5. The number of para-hydroxylation sites is 3. The second-order valence-electron chi connectivity index (χ2n) is 15.6. The van der Waals surface area contributed by atoms with Crippen molar-refractivity contribution in [3.05, 3.63) is 259 Å². The standard InChI is InChI=1S/C58H42N2/c1-3-20-41(21-4-2)59(42-22-8-5-9-23-42)45-35-37-46-40(38-45)34-36-51-56-50-31-15-14-30-49(50)55(60(43-24-10-6-11-25-43)44-26-12-7-13-27-44)39-54(56)58(57(46)51)52-32-18-16-28-47(52)48-29-17-19-33-53(48)58/h3-39H,1H2,2H3/b21-4-,41-20+. The van der Waals surface area contributed by atoms with E-state index in [0.717, 1.165) is 34.1 Å². The Bertz CT molecular complexity index is 3090. The molecule has 1 spiro atoms. The van der Waals surface area contributed by atoms with Crippen LogP contribution in [-0.4, -0.2) is 0 Å². The van der Waals surface area contributed by atoms with Crippen molar-refractivity contribution in [2.75, 3.05) is 9.80 Å². The molecule has 0 atom stereocenters. The second-order valence-corrected chi connectivity index (χ2v) is 15.6. The molecular weight excluding hydrogens is 725 g/mol. The fourth-order valence-corrected chi connectivity index (χ4v) is 10.2. The molecule has 9 aromatic carbocycles. The van der Waals surface area contributed by atoms with Crippen LogP contribution in [0.4, 0.5) is 28.4 Å². The van der Waals surface area contributed by atoms with E-state index in [2.05, 4.69) is 242 Å². The molecule has 0 saturated heterocycles. The van der Waals surface area contributed by atoms with Crippen molar-refractivity contribution in [1.82, 2.24) is 0 Å². The predicted molar refractivity (Wildman–Crippen MR) is 254 cm³/mol. The summed E-state index contributed by atoms with van der Waals surface area (Å²) in [5.41, 5.74) is 16.5. The number of anilines is 5. The van der Waals surface area contributed by atoms with E-state index in [9.17, 15) is 0 Å². The highest BCUT2D eigenvalue weighted by Gasteiger charge is 2.53. The Balaban J connectivity index is 1.25. The highest BCUT2D eigenvalue weighted by molar-refractivity contribution is 6.15. The van der Waals surface area contributed by atoms with Crippen molar-refractivity contribution in [3.63, 3.8) is 0 Å². The summed E-state index contributed by atoms with van der Waals surface area (Å²) in [4.78, 5) is 4.76. The zero-order valence-corrected chi connectivity index (χ0v) is 33.5. The normalized spacial score (nSPS) is 13.3. The quantitative estimate of drug-likeness (QED) is 0.142. The first kappa shape index (κ1) is 35.5. The van der Waals surface area contributed by atoms with Crippen LogP contribution in [0.2, 0.25) is 0 Å². The van der Waals surface area contributed by atoms with Gasteiger partial charge in [-0.25, -0.2) is 0 Å². The Morgan fingerprint density at radius 3 is 1.67 bits per heavy atom. The third kappa shape index (κ3) is 5.21. The number of hydrogen-bond acceptors (Lipinski definition) is 2. The second kappa shape index (κ2) is 14.3. The van der Waals surface area contributed by atoms with Gasteiger partial charge in [0.15, 0.2) is 0 Å². The summed E-state index contributed by atoms with van der Waals surface area (Å²) in [7, 11) is 0. The Kier molecular flexibility index (Phi) is 8.46. The fourth-order valence-electron chi connectivity index (χ4n) is 10.2. The molecule has 60 heavy (non-hydrogen) atoms. The lowest BCUT2D eigenvalue weighted by Crippen LogP contribution is -2.26. The zero-order valence-electron chi connectivity index (χ0n) is 33.5. The fraction of sp³-hybridized carbons (Fsp3) is 0.0345. The Hall–Kier alpha value is -7.68. The summed E-state index contributed by atoms with van der Waals surface area (Å²) in [5.74, 6) is 0. The molecule has 0 saturated carbocycles. The van der Waals surface area contributed by atoms with Gasteiger partial charge in [-0.05, 0) is 134 Å². The molecule has 0 aliphatic heterocycles. The average Bonchev–Trinajstić information content (AvgIpc) is 3.78. The molecule has 0 aromatic heterocycles. The van der Waals surface area contributed by atoms with Gasteiger partial charge in [-0.2, -0.15) is 0 Å². The first-order valence-corrected chi connectivity index (χ1v) is 20.8. The van der Waals surface area contributed by atoms with Crippen molar-refractivity contribution < 1.29 is 0 Å². The van der Waals surface area contributed by atoms with Gasteiger partial charge in [0.1, 0.15) is 0 Å². The minimum absolute atomic E-state index is 0.575. The molecule has 2 heteroatoms. The van der Waals surface area contributed by atoms with E-state index in [1.165, 1.54) is 66.1 Å². The van der Waals surface area contributed by atoms with Gasteiger partial charge in [0.25, 0.3) is 0 Å². The SMILES string of the molecule is C=C/C=C(\C=C/C)N(c1ccccc1)c1ccc2c3c(ccc2c1)-c1c(cc(N(c2ccccc2)c2ccccc2)c2ccccc12)C31c2ccccc2-c2ccccc21. The van der Waals surface area contributed by atoms with Crippen molar-refractivity contribution >= 4 is 50.0 Å². The minimum Gasteiger partial charge on any atom is -0.310 e. The van der Waals surface area contributed by atoms with Crippen molar-refractivity contribution in [2.24, 2.45) is 0 Å². The number of rotatable bonds is 8. The van der Waals surface area contributed by atoms with E-state index in [0.29, 0.717) is 0 Å². The van der Waals surface area contributed by atoms with Crippen LogP contribution in [0.1, 0.15) is 29.2 Å². The molecule has 0 heterocycles. The average molecular weight is 767 g/mol. The number of nitrogens with zero attached hydrogens (tertiary/aromatic N) is 2. The lowest BCUT2D eigenvalue weighted by Gasteiger charge is -2.33. The molecule has 0 amide bonds. The first-order valence-electron chi connectivity index (χ1n) is 20.8. The van der Waals surface area contributed by atoms with Crippen LogP contribution in [0.3, 0.4) is 0 Å². The number of allylic oxidation sites excluding steroid dienone is 4. The van der Waals surface area contributed by atoms with Crippen LogP contribution in [0.5, 0.6) is 0 Å². The maximum absolute atomic E-state index is 4.07. The molecule has 0 unspecified atom stereocenters. The number of fused-ring (bicyclic) bond motifs is 14. The molecule has 2 aliphatic rings. The largest absolute Gasteiger partial charge is 0.310 e. The zero-order chi connectivity index (χ0) is 40.2. The third-order valence-electron chi connectivity index (χ3n) is 12.5. The summed E-state index contributed by atoms with van der Waals surface area (Å²) < 4.78 is 0. The van der Waals surface area contributed by atoms with Gasteiger partial charge >= 0.3 is 0 Å². The summed E-state index contributed by atoms with van der Waals surface area (Å²) >= 11 is 0. The van der Waals surface area contributed by atoms with Crippen LogP contribution < -0.4 is 9.80 Å². The monoisotopic (exact) mass is 766 g/mol. The van der Waals surface area contributed by atoms with Crippen LogP contribution in [-0.2, 0) is 5.41 Å². The molecule has 0 fully saturated rings. The summed E-state index contributed by atoms with van der Waals surface area (Å²) in [6.07, 6.45) is 8.18. The Morgan fingerprint density at radius 2 is 1.05 bits per heavy atom. The molecule has 0 N–H and O–H groups in total. The number of hydrogen-bond donors (Lipinski definition) is 0. The Labute approximate surface area is 351 Å². The molecule has 2 nitrogen and oxygen atoms in total. The highest BCUT2D eigenvalue weighted by atomic mass is 15.1. The van der Waals surface area contributed by atoms with E-state index in [1.54, 1.807) is 0 Å². The van der Waals surface area contributed by atoms with Gasteiger partial charge in [-0.3, -0.25) is 0 Å². The molecule has 9 aromatic rings. The van der Waals surface area contributed by atoms with Gasteiger partial charge in [0.2, 0.25) is 0 Å². The lowest BCUT2D eigenvalue weighted by atomic mass is 9.69. The summed E-state index contributed by atoms with van der Waals surface area (Å²) in [6, 6.07) is 73.8. The van der Waals surface area contributed by atoms with E-state index in [4.69, 9.17) is 0 Å². The van der Waals surface area contributed by atoms with E-state index < -0.39 is 5.41 Å². The predicted octanol–water partition coefficient (Wildman–Crippen LogP) is 15.6. The maximum atomic E-state index is 4.07. The van der Waals surface area contributed by atoms with Crippen molar-refractivity contribution in [3.8, 4) is 22.3 Å². The van der Waals surface area contributed by atoms with Gasteiger partial charge in [-0.1, -0.05) is 164 Å². The molecule has 2 aliphatic carbocycles. The van der Waals surface area contributed by atoms with E-state index in [-0.39, 0.29) is 0 Å². The van der Waals surface area contributed by atoms with Crippen molar-refractivity contribution in [1.29, 1.82) is 0 Å². The molecule has 11 rings (SSSR count). The van der Waals surface area contributed by atoms with Gasteiger partial charge in [-0.15, -0.1) is 0 Å². The Morgan fingerprint density at radius 1 is 0.483 bits per heavy atom. The maximum Gasteiger partial charge on any atom is 0.0732 e. The summed E-state index contributed by atoms with van der Waals surface area (Å²) in [5, 5.41) is 4.91. The molecular formula is C58H42N2. The summed E-state index contributed by atoms with van der Waals surface area (Å²) in [6.45, 7) is 6.13. The van der Waals surface area contributed by atoms with E-state index in [1.807, 2.05) is 6.08 Å². The first-order chi connectivity index (χ1) is 29.7. The number of benzene rings is 9. The molecule has 284 valence electrons. The van der Waals surface area contributed by atoms with Crippen molar-refractivity contribution in [2.45, 2.75) is 12.3 Å². The van der Waals surface area contributed by atoms with E-state index >= 15 is 0 Å². The smallest absolute Gasteiger partial charge is 0.0732 e.